The number of aromatic nitrogens is 3. The maximum absolute atomic E-state index is 12.8. The van der Waals surface area contributed by atoms with Gasteiger partial charge in [-0.2, -0.15) is 15.7 Å². The van der Waals surface area contributed by atoms with E-state index in [2.05, 4.69) is 20.1 Å². The van der Waals surface area contributed by atoms with Crippen LogP contribution in [0.2, 0.25) is 0 Å². The van der Waals surface area contributed by atoms with Gasteiger partial charge in [0, 0.05) is 17.6 Å². The van der Waals surface area contributed by atoms with Crippen LogP contribution in [0.4, 0.5) is 13.2 Å². The van der Waals surface area contributed by atoms with Gasteiger partial charge < -0.3 is 15.2 Å². The predicted octanol–water partition coefficient (Wildman–Crippen LogP) is 3.80. The van der Waals surface area contributed by atoms with Crippen LogP contribution in [0, 0.1) is 0 Å². The lowest BCUT2D eigenvalue weighted by Gasteiger charge is -2.54. The van der Waals surface area contributed by atoms with Crippen molar-refractivity contribution in [3.63, 3.8) is 0 Å². The van der Waals surface area contributed by atoms with Crippen LogP contribution in [0.15, 0.2) is 36.5 Å². The molecule has 1 fully saturated rings. The number of alkyl halides is 3. The molecule has 0 aliphatic carbocycles. The smallest absolute Gasteiger partial charge is 0.406 e. The Balaban J connectivity index is 1.74. The quantitative estimate of drug-likeness (QED) is 0.419. The lowest BCUT2D eigenvalue weighted by atomic mass is 10.0. The Bertz CT molecular complexity index is 1260. The first-order valence-electron chi connectivity index (χ1n) is 10.1. The van der Waals surface area contributed by atoms with Crippen LogP contribution >= 0.6 is 10.6 Å². The number of carbonyl (C=O) groups excluding carboxylic acids is 1. The van der Waals surface area contributed by atoms with Gasteiger partial charge in [-0.3, -0.25) is 13.9 Å². The number of rotatable bonds is 5. The van der Waals surface area contributed by atoms with E-state index in [9.17, 15) is 32.2 Å². The van der Waals surface area contributed by atoms with Crippen molar-refractivity contribution < 1.29 is 36.9 Å². The summed E-state index contributed by atoms with van der Waals surface area (Å²) in [7, 11) is -2.68. The highest BCUT2D eigenvalue weighted by Crippen LogP contribution is 2.53. The number of amides is 1. The Morgan fingerprint density at radius 1 is 1.24 bits per heavy atom. The highest BCUT2D eigenvalue weighted by atomic mass is 32.3. The van der Waals surface area contributed by atoms with Gasteiger partial charge in [0.15, 0.2) is 5.65 Å². The minimum atomic E-state index is -4.87. The summed E-state index contributed by atoms with van der Waals surface area (Å²) in [5.41, 5.74) is -1.50. The molecule has 34 heavy (non-hydrogen) atoms. The highest BCUT2D eigenvalue weighted by molar-refractivity contribution is 8.25. The molecule has 0 bridgehead atoms. The van der Waals surface area contributed by atoms with Gasteiger partial charge in [-0.1, -0.05) is 6.07 Å². The monoisotopic (exact) mass is 500 g/mol. The minimum Gasteiger partial charge on any atom is -0.406 e. The molecule has 0 saturated carbocycles. The number of aliphatic hydroxyl groups is 1. The molecule has 1 aliphatic rings. The molecular formula is C21H23F3N4O5S. The van der Waals surface area contributed by atoms with Crippen molar-refractivity contribution >= 4 is 27.5 Å². The summed E-state index contributed by atoms with van der Waals surface area (Å²) in [6.45, 7) is 4.66. The number of fused-ring (bicyclic) bond motifs is 1. The number of pyridine rings is 1. The zero-order valence-corrected chi connectivity index (χ0v) is 19.2. The summed E-state index contributed by atoms with van der Waals surface area (Å²) >= 11 is 0. The Morgan fingerprint density at radius 2 is 1.91 bits per heavy atom. The van der Waals surface area contributed by atoms with Gasteiger partial charge >= 0.3 is 6.36 Å². The van der Waals surface area contributed by atoms with Gasteiger partial charge in [-0.25, -0.2) is 9.67 Å². The van der Waals surface area contributed by atoms with Gasteiger partial charge in [0.2, 0.25) is 0 Å². The molecule has 3 aromatic rings. The molecule has 0 unspecified atom stereocenters. The predicted molar refractivity (Wildman–Crippen MR) is 119 cm³/mol. The van der Waals surface area contributed by atoms with Crippen LogP contribution < -0.4 is 10.1 Å². The lowest BCUT2D eigenvalue weighted by molar-refractivity contribution is -0.274. The fourth-order valence-electron chi connectivity index (χ4n) is 3.97. The summed E-state index contributed by atoms with van der Waals surface area (Å²) in [6, 6.07) is 6.61. The van der Waals surface area contributed by atoms with E-state index in [4.69, 9.17) is 0 Å². The second kappa shape index (κ2) is 7.83. The second-order valence-electron chi connectivity index (χ2n) is 9.07. The molecule has 3 heterocycles. The van der Waals surface area contributed by atoms with Crippen LogP contribution in [0.25, 0.3) is 16.7 Å². The largest absolute Gasteiger partial charge is 0.573 e. The molecule has 4 rings (SSSR count). The highest BCUT2D eigenvalue weighted by Gasteiger charge is 2.45. The van der Waals surface area contributed by atoms with Crippen LogP contribution in [0.3, 0.4) is 0 Å². The number of hydrogen-bond acceptors (Lipinski definition) is 7. The fourth-order valence-corrected chi connectivity index (χ4v) is 6.07. The van der Waals surface area contributed by atoms with Crippen molar-refractivity contribution in [1.29, 1.82) is 0 Å². The van der Waals surface area contributed by atoms with Crippen molar-refractivity contribution in [2.24, 2.45) is 0 Å². The number of nitrogens with zero attached hydrogens (tertiary/aromatic N) is 3. The van der Waals surface area contributed by atoms with Gasteiger partial charge in [0.25, 0.3) is 5.91 Å². The van der Waals surface area contributed by atoms with Crippen LogP contribution in [-0.2, 0) is 5.60 Å². The molecule has 1 saturated heterocycles. The van der Waals surface area contributed by atoms with E-state index in [1.807, 2.05) is 0 Å². The first kappa shape index (κ1) is 24.3. The molecule has 4 N–H and O–H groups in total. The van der Waals surface area contributed by atoms with E-state index in [1.54, 1.807) is 6.92 Å². The SMILES string of the molecule is CC1(NC(=O)c2cnc3c(c2)c(C(C)(C)O)nn3-c2cccc(OC(F)(F)F)c2)CS(O)(O)C1. The first-order valence-corrected chi connectivity index (χ1v) is 12.0. The van der Waals surface area contributed by atoms with Crippen LogP contribution in [0.1, 0.15) is 36.8 Å². The number of nitrogens with one attached hydrogen (secondary N) is 1. The summed E-state index contributed by atoms with van der Waals surface area (Å²) < 4.78 is 62.5. The number of benzene rings is 1. The number of hydrogen-bond donors (Lipinski definition) is 4. The van der Waals surface area contributed by atoms with Gasteiger partial charge in [-0.05, 0) is 39.0 Å². The molecule has 0 radical (unpaired) electrons. The maximum Gasteiger partial charge on any atom is 0.573 e. The number of carbonyl (C=O) groups is 1. The van der Waals surface area contributed by atoms with E-state index in [0.29, 0.717) is 5.39 Å². The fraction of sp³-hybridized carbons (Fsp3) is 0.381. The third-order valence-corrected chi connectivity index (χ3v) is 7.37. The third kappa shape index (κ3) is 4.97. The molecule has 184 valence electrons. The lowest BCUT2D eigenvalue weighted by Crippen LogP contribution is -2.61. The van der Waals surface area contributed by atoms with E-state index < -0.39 is 39.7 Å². The molecule has 1 aliphatic heterocycles. The Kier molecular flexibility index (Phi) is 5.59. The van der Waals surface area contributed by atoms with Crippen molar-refractivity contribution in [2.45, 2.75) is 38.3 Å². The minimum absolute atomic E-state index is 0.0462. The first-order chi connectivity index (χ1) is 15.6. The van der Waals surface area contributed by atoms with Crippen molar-refractivity contribution in [3.05, 3.63) is 47.8 Å². The Morgan fingerprint density at radius 3 is 2.50 bits per heavy atom. The molecule has 9 nitrogen and oxygen atoms in total. The second-order valence-corrected chi connectivity index (χ2v) is 11.2. The molecule has 0 atom stereocenters. The summed E-state index contributed by atoms with van der Waals surface area (Å²) in [5.74, 6) is -0.856. The molecule has 13 heteroatoms. The Hall–Kier alpha value is -2.87. The zero-order chi connectivity index (χ0) is 25.1. The third-order valence-electron chi connectivity index (χ3n) is 5.17. The van der Waals surface area contributed by atoms with Crippen molar-refractivity contribution in [1.82, 2.24) is 20.1 Å². The summed E-state index contributed by atoms with van der Waals surface area (Å²) in [4.78, 5) is 17.1. The zero-order valence-electron chi connectivity index (χ0n) is 18.4. The van der Waals surface area contributed by atoms with Crippen molar-refractivity contribution in [2.75, 3.05) is 11.5 Å². The maximum atomic E-state index is 12.8. The van der Waals surface area contributed by atoms with E-state index >= 15 is 0 Å². The van der Waals surface area contributed by atoms with Gasteiger partial charge in [0.05, 0.1) is 28.3 Å². The van der Waals surface area contributed by atoms with Crippen molar-refractivity contribution in [3.8, 4) is 11.4 Å². The topological polar surface area (TPSA) is 130 Å². The van der Waals surface area contributed by atoms with E-state index in [1.165, 1.54) is 42.9 Å². The van der Waals surface area contributed by atoms with E-state index in [-0.39, 0.29) is 34.1 Å². The standard InChI is InChI=1S/C21H23F3N4O5S/c1-19(2,30)16-15-7-12(18(29)26-20(3)10-34(31,32)11-20)9-25-17(15)28(27-16)13-5-4-6-14(8-13)33-21(22,23)24/h4-9,30-32H,10-11H2,1-3H3,(H,26,29). The molecule has 1 aromatic carbocycles. The number of ether oxygens (including phenoxy) is 1. The van der Waals surface area contributed by atoms with Gasteiger partial charge in [-0.15, -0.1) is 13.2 Å². The van der Waals surface area contributed by atoms with E-state index in [0.717, 1.165) is 12.1 Å². The molecular weight excluding hydrogens is 477 g/mol. The van der Waals surface area contributed by atoms with Crippen LogP contribution in [0.5, 0.6) is 5.75 Å². The van der Waals surface area contributed by atoms with Gasteiger partial charge in [0.1, 0.15) is 17.0 Å². The summed E-state index contributed by atoms with van der Waals surface area (Å²) in [6.07, 6.45) is -3.59. The molecule has 0 spiro atoms. The Labute approximate surface area is 193 Å². The number of halogens is 3. The molecule has 2 aromatic heterocycles. The average molecular weight is 500 g/mol. The summed E-state index contributed by atoms with van der Waals surface area (Å²) in [5, 5.41) is 18.1. The van der Waals surface area contributed by atoms with Crippen LogP contribution in [-0.4, -0.2) is 58.3 Å². The molecule has 1 amide bonds. The normalized spacial score (nSPS) is 18.3. The average Bonchev–Trinajstić information content (AvgIpc) is 3.04.